The second kappa shape index (κ2) is 20.6. The predicted octanol–water partition coefficient (Wildman–Crippen LogP) is 3.13. The highest BCUT2D eigenvalue weighted by Crippen LogP contribution is 2.38. The maximum Gasteiger partial charge on any atom is 0.246 e. The minimum Gasteiger partial charge on any atom is -0.390 e. The molecule has 1 heterocycles. The number of likely N-dealkylation sites (tertiary alicyclic amines) is 1. The zero-order valence-electron chi connectivity index (χ0n) is 29.2. The van der Waals surface area contributed by atoms with Crippen molar-refractivity contribution < 1.29 is 29.4 Å². The number of aliphatic hydroxyl groups is 1. The Morgan fingerprint density at radius 2 is 1.63 bits per heavy atom. The third-order valence-corrected chi connectivity index (χ3v) is 8.68. The molecular weight excluding hydrogens is 586 g/mol. The summed E-state index contributed by atoms with van der Waals surface area (Å²) >= 11 is 0. The quantitative estimate of drug-likeness (QED) is 0.183. The summed E-state index contributed by atoms with van der Waals surface area (Å²) in [5.74, 6) is 0.329. The average Bonchev–Trinajstić information content (AvgIpc) is 3.02. The van der Waals surface area contributed by atoms with Crippen molar-refractivity contribution >= 4 is 17.7 Å². The van der Waals surface area contributed by atoms with Crippen LogP contribution in [0.4, 0.5) is 0 Å². The Morgan fingerprint density at radius 3 is 2.20 bits per heavy atom. The van der Waals surface area contributed by atoms with Crippen molar-refractivity contribution in [2.45, 2.75) is 123 Å². The molecule has 5 atom stereocenters. The molecule has 3 amide bonds. The van der Waals surface area contributed by atoms with E-state index in [2.05, 4.69) is 20.9 Å². The van der Waals surface area contributed by atoms with Crippen LogP contribution in [0.25, 0.3) is 0 Å². The lowest BCUT2D eigenvalue weighted by atomic mass is 9.72. The van der Waals surface area contributed by atoms with E-state index in [-0.39, 0.29) is 61.6 Å². The Bertz CT molecular complexity index is 1040. The normalized spacial score (nSPS) is 21.3. The number of nitrogens with one attached hydrogen (secondary N) is 3. The molecular formula is C35H61N5O6. The van der Waals surface area contributed by atoms with Crippen LogP contribution in [-0.2, 0) is 25.5 Å². The van der Waals surface area contributed by atoms with Gasteiger partial charge in [-0.2, -0.15) is 5.06 Å². The van der Waals surface area contributed by atoms with E-state index in [0.29, 0.717) is 24.8 Å². The zero-order valence-corrected chi connectivity index (χ0v) is 29.2. The van der Waals surface area contributed by atoms with Crippen molar-refractivity contribution in [1.29, 1.82) is 0 Å². The summed E-state index contributed by atoms with van der Waals surface area (Å²) in [6.45, 7) is 14.9. The molecule has 3 rings (SSSR count). The summed E-state index contributed by atoms with van der Waals surface area (Å²) in [5, 5.41) is 30.1. The number of β-amino-alcohol motifs (C(OH)–C–C–N with tert-alkyl or cyclic N) is 1. The van der Waals surface area contributed by atoms with E-state index in [1.54, 1.807) is 0 Å². The number of fused-ring (bicyclic) bond motifs is 1. The van der Waals surface area contributed by atoms with Gasteiger partial charge in [0, 0.05) is 31.7 Å². The molecule has 1 aromatic carbocycles. The molecule has 2 fully saturated rings. The molecule has 5 N–H and O–H groups in total. The van der Waals surface area contributed by atoms with Crippen LogP contribution in [0, 0.1) is 11.8 Å². The molecule has 1 saturated carbocycles. The maximum absolute atomic E-state index is 13.2. The number of carbonyl (C=O) groups excluding carboxylic acids is 3. The highest BCUT2D eigenvalue weighted by Gasteiger charge is 2.41. The molecule has 0 bridgehead atoms. The third kappa shape index (κ3) is 14.5. The van der Waals surface area contributed by atoms with Crippen LogP contribution in [0.15, 0.2) is 30.3 Å². The van der Waals surface area contributed by atoms with Crippen molar-refractivity contribution in [2.24, 2.45) is 11.8 Å². The topological polar surface area (TPSA) is 143 Å². The Hall–Kier alpha value is -2.57. The fourth-order valence-corrected chi connectivity index (χ4v) is 6.17. The minimum absolute atomic E-state index is 0.0104. The lowest BCUT2D eigenvalue weighted by Crippen LogP contribution is -2.59. The SMILES string of the molecule is CC(C)NC(=O)C1CC2CCCCC2CN1CC(O)C(Cc1ccccc1)NC(=O)CNC(=O)COC(C)C.CCN(O)C(C)C. The number of benzene rings is 1. The highest BCUT2D eigenvalue weighted by molar-refractivity contribution is 5.85. The van der Waals surface area contributed by atoms with E-state index >= 15 is 0 Å². The predicted molar refractivity (Wildman–Crippen MR) is 180 cm³/mol. The number of hydrogen-bond donors (Lipinski definition) is 5. The van der Waals surface area contributed by atoms with Crippen molar-refractivity contribution in [3.05, 3.63) is 35.9 Å². The number of amides is 3. The van der Waals surface area contributed by atoms with E-state index in [9.17, 15) is 19.5 Å². The van der Waals surface area contributed by atoms with Gasteiger partial charge in [-0.15, -0.1) is 0 Å². The van der Waals surface area contributed by atoms with Crippen molar-refractivity contribution in [3.63, 3.8) is 0 Å². The minimum atomic E-state index is -0.899. The Labute approximate surface area is 276 Å². The van der Waals surface area contributed by atoms with Crippen LogP contribution in [-0.4, -0.2) is 107 Å². The van der Waals surface area contributed by atoms with Gasteiger partial charge in [-0.1, -0.05) is 56.5 Å². The number of ether oxygens (including phenoxy) is 1. The Kier molecular flexibility index (Phi) is 17.8. The number of hydroxylamine groups is 2. The first-order valence-electron chi connectivity index (χ1n) is 17.2. The van der Waals surface area contributed by atoms with Crippen LogP contribution >= 0.6 is 0 Å². The average molecular weight is 648 g/mol. The van der Waals surface area contributed by atoms with Gasteiger partial charge in [0.1, 0.15) is 6.61 Å². The number of carbonyl (C=O) groups is 3. The number of nitrogens with zero attached hydrogens (tertiary/aromatic N) is 2. The summed E-state index contributed by atoms with van der Waals surface area (Å²) in [6.07, 6.45) is 4.99. The van der Waals surface area contributed by atoms with E-state index < -0.39 is 12.1 Å². The second-order valence-electron chi connectivity index (χ2n) is 13.6. The highest BCUT2D eigenvalue weighted by atomic mass is 16.5. The van der Waals surface area contributed by atoms with Crippen LogP contribution in [0.2, 0.25) is 0 Å². The van der Waals surface area contributed by atoms with Gasteiger partial charge in [-0.3, -0.25) is 19.3 Å². The van der Waals surface area contributed by atoms with Crippen LogP contribution < -0.4 is 16.0 Å². The van der Waals surface area contributed by atoms with E-state index in [4.69, 9.17) is 9.94 Å². The molecule has 1 aromatic rings. The molecule has 46 heavy (non-hydrogen) atoms. The number of aliphatic hydroxyl groups excluding tert-OH is 1. The lowest BCUT2D eigenvalue weighted by molar-refractivity contribution is -0.132. The van der Waals surface area contributed by atoms with Crippen molar-refractivity contribution in [1.82, 2.24) is 25.9 Å². The molecule has 1 aliphatic carbocycles. The number of piperidine rings is 1. The Morgan fingerprint density at radius 1 is 0.978 bits per heavy atom. The van der Waals surface area contributed by atoms with Gasteiger partial charge in [0.05, 0.1) is 30.8 Å². The smallest absolute Gasteiger partial charge is 0.246 e. The molecule has 0 aromatic heterocycles. The summed E-state index contributed by atoms with van der Waals surface area (Å²) < 4.78 is 5.29. The zero-order chi connectivity index (χ0) is 34.2. The molecule has 1 saturated heterocycles. The molecule has 11 heteroatoms. The van der Waals surface area contributed by atoms with Gasteiger partial charge < -0.3 is 31.0 Å². The van der Waals surface area contributed by atoms with E-state index in [1.165, 1.54) is 17.9 Å². The largest absolute Gasteiger partial charge is 0.390 e. The van der Waals surface area contributed by atoms with Gasteiger partial charge in [-0.05, 0) is 78.2 Å². The summed E-state index contributed by atoms with van der Waals surface area (Å²) in [7, 11) is 0. The Balaban J connectivity index is 0.000000942. The summed E-state index contributed by atoms with van der Waals surface area (Å²) in [6, 6.07) is 9.12. The van der Waals surface area contributed by atoms with E-state index in [1.807, 2.05) is 78.8 Å². The van der Waals surface area contributed by atoms with Crippen molar-refractivity contribution in [3.8, 4) is 0 Å². The van der Waals surface area contributed by atoms with Gasteiger partial charge in [0.25, 0.3) is 0 Å². The van der Waals surface area contributed by atoms with E-state index in [0.717, 1.165) is 31.4 Å². The number of rotatable bonds is 15. The maximum atomic E-state index is 13.2. The molecule has 2 aliphatic rings. The van der Waals surface area contributed by atoms with Crippen LogP contribution in [0.3, 0.4) is 0 Å². The molecule has 0 spiro atoms. The first-order chi connectivity index (χ1) is 21.8. The molecule has 5 unspecified atom stereocenters. The standard InChI is InChI=1S/C30H48N4O5.C5H13NO/c1-20(2)32-30(38)26-15-23-12-8-9-13-24(23)17-34(26)18-27(35)25(14-22-10-6-5-7-11-22)33-28(36)16-31-29(37)19-39-21(3)4;1-4-6(7)5(2)3/h5-7,10-11,20-21,23-27,35H,8-9,12-19H2,1-4H3,(H,31,37)(H,32,38)(H,33,36);5,7H,4H2,1-3H3. The van der Waals surface area contributed by atoms with Gasteiger partial charge in [-0.25, -0.2) is 0 Å². The van der Waals surface area contributed by atoms with Crippen molar-refractivity contribution in [2.75, 3.05) is 32.8 Å². The first-order valence-corrected chi connectivity index (χ1v) is 17.2. The molecule has 1 aliphatic heterocycles. The van der Waals surface area contributed by atoms with Crippen LogP contribution in [0.5, 0.6) is 0 Å². The first kappa shape index (κ1) is 39.6. The number of hydrogen-bond acceptors (Lipinski definition) is 8. The third-order valence-electron chi connectivity index (χ3n) is 8.68. The summed E-state index contributed by atoms with van der Waals surface area (Å²) in [5.41, 5.74) is 0.983. The molecule has 0 radical (unpaired) electrons. The second-order valence-corrected chi connectivity index (χ2v) is 13.6. The fraction of sp³-hybridized carbons (Fsp3) is 0.743. The summed E-state index contributed by atoms with van der Waals surface area (Å²) in [4.78, 5) is 40.1. The van der Waals surface area contributed by atoms with Gasteiger partial charge in [0.2, 0.25) is 17.7 Å². The molecule has 262 valence electrons. The molecule has 11 nitrogen and oxygen atoms in total. The van der Waals surface area contributed by atoms with Gasteiger partial charge >= 0.3 is 0 Å². The fourth-order valence-electron chi connectivity index (χ4n) is 6.17. The monoisotopic (exact) mass is 647 g/mol. The van der Waals surface area contributed by atoms with Crippen LogP contribution in [0.1, 0.15) is 86.1 Å². The lowest BCUT2D eigenvalue weighted by Gasteiger charge is -2.46. The van der Waals surface area contributed by atoms with Gasteiger partial charge in [0.15, 0.2) is 0 Å².